The lowest BCUT2D eigenvalue weighted by Crippen LogP contribution is -2.61. The first-order valence-corrected chi connectivity index (χ1v) is 38.0. The van der Waals surface area contributed by atoms with E-state index in [1.807, 2.05) is 0 Å². The Labute approximate surface area is 733 Å². The van der Waals surface area contributed by atoms with Crippen LogP contribution in [0.4, 0.5) is 0 Å². The first-order valence-electron chi connectivity index (χ1n) is 38.0. The van der Waals surface area contributed by atoms with Gasteiger partial charge in [-0.05, 0) is 91.2 Å². The zero-order chi connectivity index (χ0) is 95.7. The number of aromatic hydroxyl groups is 27. The van der Waals surface area contributed by atoms with Crippen LogP contribution in [0.5, 0.6) is 190 Å². The number of carbonyl (C=O) groups is 6. The lowest BCUT2D eigenvalue weighted by molar-refractivity contribution is -0.313. The first kappa shape index (κ1) is 91.0. The van der Waals surface area contributed by atoms with Gasteiger partial charge in [-0.1, -0.05) is 0 Å². The summed E-state index contributed by atoms with van der Waals surface area (Å²) >= 11 is 0. The molecule has 10 atom stereocenters. The molecule has 0 bridgehead atoms. The Hall–Kier alpha value is -17.2. The van der Waals surface area contributed by atoms with E-state index in [0.29, 0.717) is 83.9 Å². The average molecular weight is 1850 g/mol. The molecule has 48 heteroatoms. The summed E-state index contributed by atoms with van der Waals surface area (Å²) < 4.78 is 66.2. The van der Waals surface area contributed by atoms with E-state index in [1.54, 1.807) is 0 Å². The number of hydrogen-bond donors (Lipinski definition) is 27. The van der Waals surface area contributed by atoms with Crippen LogP contribution < -0.4 is 24.0 Å². The van der Waals surface area contributed by atoms with Crippen LogP contribution in [0.15, 0.2) is 91.0 Å². The number of phenols is 27. The maximum absolute atomic E-state index is 15.1. The molecule has 0 aromatic heterocycles. The third-order valence-electron chi connectivity index (χ3n) is 21.1. The molecule has 0 radical (unpaired) electrons. The highest BCUT2D eigenvalue weighted by Crippen LogP contribution is 2.60. The van der Waals surface area contributed by atoms with Crippen LogP contribution in [-0.2, 0) is 70.5 Å². The molecule has 0 amide bonds. The van der Waals surface area contributed by atoms with Gasteiger partial charge in [0.15, 0.2) is 163 Å². The van der Waals surface area contributed by atoms with Crippen LogP contribution in [0, 0.1) is 25.7 Å². The zero-order valence-electron chi connectivity index (χ0n) is 66.8. The first-order chi connectivity index (χ1) is 62.4. The van der Waals surface area contributed by atoms with Gasteiger partial charge < -0.3 is 200 Å². The fraction of sp³-hybridized carbons (Fsp3) is 0.214. The van der Waals surface area contributed by atoms with Crippen molar-refractivity contribution in [3.63, 3.8) is 0 Å². The second kappa shape index (κ2) is 35.5. The summed E-state index contributed by atoms with van der Waals surface area (Å²) in [5.74, 6) is -53.1. The van der Waals surface area contributed by atoms with Crippen molar-refractivity contribution in [1.82, 2.24) is 0 Å². The summed E-state index contributed by atoms with van der Waals surface area (Å²) in [5, 5.41) is 295. The predicted octanol–water partition coefficient (Wildman–Crippen LogP) is 6.74. The number of aryl methyl sites for hydroxylation is 1. The highest BCUT2D eigenvalue weighted by atomic mass is 17.2. The molecule has 0 saturated carbocycles. The summed E-state index contributed by atoms with van der Waals surface area (Å²) in [5.41, 5.74) is -8.47. The predicted molar refractivity (Wildman–Crippen MR) is 421 cm³/mol. The van der Waals surface area contributed by atoms with Crippen molar-refractivity contribution in [3.8, 4) is 212 Å². The van der Waals surface area contributed by atoms with Crippen molar-refractivity contribution in [3.05, 3.63) is 136 Å². The number of phenolic OH excluding ortho intramolecular Hbond substituents is 27. The third kappa shape index (κ3) is 17.3. The number of benzene rings is 10. The van der Waals surface area contributed by atoms with Crippen LogP contribution in [-0.4, -0.2) is 236 Å². The summed E-state index contributed by atoms with van der Waals surface area (Å²) in [7, 11) is 0. The van der Waals surface area contributed by atoms with E-state index in [-0.39, 0.29) is 5.75 Å². The van der Waals surface area contributed by atoms with Crippen molar-refractivity contribution >= 4 is 35.8 Å². The molecule has 2 fully saturated rings. The molecule has 4 heterocycles. The number of rotatable bonds is 17. The van der Waals surface area contributed by atoms with Crippen molar-refractivity contribution in [2.75, 3.05) is 13.2 Å². The van der Waals surface area contributed by atoms with E-state index in [2.05, 4.69) is 0 Å². The fourth-order valence-corrected chi connectivity index (χ4v) is 14.4. The Bertz CT molecular complexity index is 6310. The van der Waals surface area contributed by atoms with Gasteiger partial charge in [-0.15, -0.1) is 0 Å². The van der Waals surface area contributed by atoms with E-state index in [9.17, 15) is 152 Å². The Morgan fingerprint density at radius 2 is 0.841 bits per heavy atom. The Morgan fingerprint density at radius 1 is 0.402 bits per heavy atom. The molecule has 4 aliphatic rings. The third-order valence-corrected chi connectivity index (χ3v) is 21.1. The van der Waals surface area contributed by atoms with E-state index in [0.717, 1.165) is 12.1 Å². The second-order valence-electron chi connectivity index (χ2n) is 29.6. The molecule has 10 aromatic rings. The minimum absolute atomic E-state index is 0.317. The standard InChI is InChI=1S/C84H70O48/c1-24-5-30(13-35(85)25(24)2)122-53(98)20-49-58(82(117)123-31-14-42(92)61(101)43(93)15-31)75(128-78(113)27-8-37(87)59(99)38(88)9-27)77(129-79(114)28-10-39(89)60(100)40(90)11-28)84(126-49)118-21-26-6-36(86)62(102)52(7-26)124-73-29(12-41(91)67(107)72(73)112)22-119-83-76-74(127-80(115)32-16-44(94)63(103)68(108)54(32)55-33(81(116)130-76)17-45(95)64(104)69(55)109)34-23-121-132-51-19-47(97)66(106)71(111)57(51)56-50(18-46(96)65(105)70(56)110)131-120-4-3-48(34)125-83/h5-19,34,48-49,58,74-77,83-97,99-112H,3-4,20-23H2,1-2H3. The van der Waals surface area contributed by atoms with Crippen LogP contribution in [0.3, 0.4) is 0 Å². The van der Waals surface area contributed by atoms with E-state index in [4.69, 9.17) is 71.7 Å². The monoisotopic (exact) mass is 1850 g/mol. The zero-order valence-corrected chi connectivity index (χ0v) is 66.8. The molecule has 132 heavy (non-hydrogen) atoms. The Balaban J connectivity index is 0.847. The molecule has 10 unspecified atom stereocenters. The van der Waals surface area contributed by atoms with E-state index < -0.39 is 376 Å². The fourth-order valence-electron chi connectivity index (χ4n) is 14.4. The molecule has 48 nitrogen and oxygen atoms in total. The number of fused-ring (bicyclic) bond motifs is 9. The van der Waals surface area contributed by atoms with Crippen molar-refractivity contribution in [2.24, 2.45) is 11.8 Å². The number of carbonyl (C=O) groups excluding carboxylic acids is 6. The lowest BCUT2D eigenvalue weighted by Gasteiger charge is -2.45. The molecule has 0 spiro atoms. The van der Waals surface area contributed by atoms with E-state index >= 15 is 14.4 Å². The molecule has 0 aliphatic carbocycles. The van der Waals surface area contributed by atoms with Crippen molar-refractivity contribution in [2.45, 2.75) is 89.1 Å². The molecule has 14 rings (SSSR count). The summed E-state index contributed by atoms with van der Waals surface area (Å²) in [6.45, 7) is -1.34. The number of esters is 6. The van der Waals surface area contributed by atoms with Crippen molar-refractivity contribution < 1.29 is 238 Å². The topological polar surface area (TPSA) is 787 Å². The SMILES string of the molecule is Cc1cc(OC(=O)CC2OC(OCc3cc(O)c(O)c(Oc4c(COC5OC6CCOOc7cc(O)c(O)c(O)c7-c7c(cc(O)c(O)c7O)OOCC6C6OC(=O)c7cc(O)c(O)c(O)c7-c7c(cc(O)c(O)c7O)C(=O)OC56)cc(O)c(O)c4O)c3)C(OC(=O)c3cc(O)c(O)c(O)c3)C(OC(=O)c3cc(O)c(O)c(O)c3)C2C(=O)Oc2cc(O)c(O)c(O)c2)cc(O)c1C. The molecule has 694 valence electrons. The summed E-state index contributed by atoms with van der Waals surface area (Å²) in [6, 6.07) is 9.53. The van der Waals surface area contributed by atoms with E-state index in [1.165, 1.54) is 19.9 Å². The van der Waals surface area contributed by atoms with Crippen molar-refractivity contribution in [1.29, 1.82) is 0 Å². The van der Waals surface area contributed by atoms with Crippen LogP contribution in [0.1, 0.15) is 76.5 Å². The molecular formula is C84H70O48. The highest BCUT2D eigenvalue weighted by Gasteiger charge is 2.57. The average Bonchev–Trinajstić information content (AvgIpc) is 0.804. The van der Waals surface area contributed by atoms with Gasteiger partial charge in [0.05, 0.1) is 77.7 Å². The van der Waals surface area contributed by atoms with Gasteiger partial charge >= 0.3 is 35.8 Å². The number of ether oxygens (including phenoxy) is 11. The van der Waals surface area contributed by atoms with Gasteiger partial charge in [0.25, 0.3) is 0 Å². The largest absolute Gasteiger partial charge is 0.508 e. The van der Waals surface area contributed by atoms with Gasteiger partial charge in [0.2, 0.25) is 46.0 Å². The summed E-state index contributed by atoms with van der Waals surface area (Å²) in [6.07, 6.45) is -20.8. The molecule has 10 aromatic carbocycles. The van der Waals surface area contributed by atoms with Crippen LogP contribution in [0.2, 0.25) is 0 Å². The Morgan fingerprint density at radius 3 is 1.37 bits per heavy atom. The van der Waals surface area contributed by atoms with Crippen LogP contribution in [0.25, 0.3) is 22.3 Å². The molecular weight excluding hydrogens is 1780 g/mol. The minimum Gasteiger partial charge on any atom is -0.508 e. The highest BCUT2D eigenvalue weighted by molar-refractivity contribution is 6.09. The maximum Gasteiger partial charge on any atom is 0.339 e. The maximum atomic E-state index is 15.1. The van der Waals surface area contributed by atoms with Gasteiger partial charge in [0.1, 0.15) is 29.8 Å². The second-order valence-corrected chi connectivity index (χ2v) is 29.6. The smallest absolute Gasteiger partial charge is 0.339 e. The number of hydrogen-bond acceptors (Lipinski definition) is 48. The quantitative estimate of drug-likeness (QED) is 0.0147. The lowest BCUT2D eigenvalue weighted by atomic mass is 9.86. The Kier molecular flexibility index (Phi) is 24.5. The normalized spacial score (nSPS) is 19.4. The van der Waals surface area contributed by atoms with Gasteiger partial charge in [-0.25, -0.2) is 19.2 Å². The molecule has 27 N–H and O–H groups in total. The molecule has 4 aliphatic heterocycles. The molecule has 2 saturated heterocycles. The van der Waals surface area contributed by atoms with Gasteiger partial charge in [-0.3, -0.25) is 9.59 Å². The van der Waals surface area contributed by atoms with Crippen LogP contribution >= 0.6 is 0 Å². The minimum atomic E-state index is -2.65. The van der Waals surface area contributed by atoms with Gasteiger partial charge in [0, 0.05) is 53.4 Å². The van der Waals surface area contributed by atoms with Gasteiger partial charge in [-0.2, -0.15) is 9.78 Å². The summed E-state index contributed by atoms with van der Waals surface area (Å²) in [4.78, 5) is 111.